The zero-order valence-corrected chi connectivity index (χ0v) is 12.8. The van der Waals surface area contributed by atoms with Crippen molar-refractivity contribution in [2.45, 2.75) is 19.9 Å². The number of aromatic nitrogens is 1. The summed E-state index contributed by atoms with van der Waals surface area (Å²) in [5.41, 5.74) is 5.19. The van der Waals surface area contributed by atoms with Crippen molar-refractivity contribution in [1.82, 2.24) is 15.2 Å². The lowest BCUT2D eigenvalue weighted by molar-refractivity contribution is 0.195. The molecule has 1 unspecified atom stereocenters. The van der Waals surface area contributed by atoms with Crippen LogP contribution >= 0.6 is 0 Å². The predicted molar refractivity (Wildman–Crippen MR) is 86.4 cm³/mol. The lowest BCUT2D eigenvalue weighted by Gasteiger charge is -2.35. The summed E-state index contributed by atoms with van der Waals surface area (Å²) >= 11 is 0. The fourth-order valence-corrected chi connectivity index (χ4v) is 3.08. The Bertz CT molecular complexity index is 589. The summed E-state index contributed by atoms with van der Waals surface area (Å²) in [7, 11) is 0. The van der Waals surface area contributed by atoms with Crippen LogP contribution in [0, 0.1) is 13.8 Å². The summed E-state index contributed by atoms with van der Waals surface area (Å²) in [6.07, 6.45) is 1.90. The van der Waals surface area contributed by atoms with E-state index in [-0.39, 0.29) is 6.04 Å². The number of pyridine rings is 1. The van der Waals surface area contributed by atoms with Gasteiger partial charge in [-0.05, 0) is 37.1 Å². The molecule has 3 rings (SSSR count). The molecule has 1 aromatic carbocycles. The maximum atomic E-state index is 4.64. The van der Waals surface area contributed by atoms with E-state index >= 15 is 0 Å². The van der Waals surface area contributed by atoms with Gasteiger partial charge in [-0.3, -0.25) is 9.88 Å². The van der Waals surface area contributed by atoms with Crippen LogP contribution in [0.2, 0.25) is 0 Å². The number of aryl methyl sites for hydroxylation is 2. The number of nitrogens with zero attached hydrogens (tertiary/aromatic N) is 2. The minimum atomic E-state index is 0.258. The second kappa shape index (κ2) is 6.37. The molecule has 3 nitrogen and oxygen atoms in total. The average Bonchev–Trinajstić information content (AvgIpc) is 2.53. The number of rotatable bonds is 3. The number of hydrogen-bond acceptors (Lipinski definition) is 3. The van der Waals surface area contributed by atoms with Crippen LogP contribution in [0.5, 0.6) is 0 Å². The second-order valence-electron chi connectivity index (χ2n) is 5.80. The molecule has 1 atom stereocenters. The maximum Gasteiger partial charge on any atom is 0.0779 e. The first kappa shape index (κ1) is 14.2. The van der Waals surface area contributed by atoms with Crippen LogP contribution in [-0.4, -0.2) is 36.1 Å². The van der Waals surface area contributed by atoms with Gasteiger partial charge in [-0.25, -0.2) is 0 Å². The highest BCUT2D eigenvalue weighted by Crippen LogP contribution is 2.30. The Labute approximate surface area is 127 Å². The summed E-state index contributed by atoms with van der Waals surface area (Å²) in [6, 6.07) is 13.2. The number of nitrogens with one attached hydrogen (secondary N) is 1. The maximum absolute atomic E-state index is 4.64. The first-order valence-electron chi connectivity index (χ1n) is 7.68. The molecule has 110 valence electrons. The molecule has 1 aromatic heterocycles. The van der Waals surface area contributed by atoms with E-state index in [0.29, 0.717) is 0 Å². The van der Waals surface area contributed by atoms with Gasteiger partial charge in [0.25, 0.3) is 0 Å². The van der Waals surface area contributed by atoms with Crippen LogP contribution in [0.15, 0.2) is 42.6 Å². The lowest BCUT2D eigenvalue weighted by atomic mass is 9.94. The molecule has 1 aliphatic heterocycles. The van der Waals surface area contributed by atoms with Gasteiger partial charge in [-0.2, -0.15) is 0 Å². The van der Waals surface area contributed by atoms with Gasteiger partial charge >= 0.3 is 0 Å². The van der Waals surface area contributed by atoms with Crippen molar-refractivity contribution in [2.75, 3.05) is 26.2 Å². The highest BCUT2D eigenvalue weighted by Gasteiger charge is 2.26. The lowest BCUT2D eigenvalue weighted by Crippen LogP contribution is -2.45. The molecule has 3 heteroatoms. The molecule has 0 radical (unpaired) electrons. The third-order valence-corrected chi connectivity index (χ3v) is 4.21. The third-order valence-electron chi connectivity index (χ3n) is 4.21. The van der Waals surface area contributed by atoms with E-state index < -0.39 is 0 Å². The molecule has 0 aliphatic carbocycles. The highest BCUT2D eigenvalue weighted by molar-refractivity contribution is 5.37. The van der Waals surface area contributed by atoms with Gasteiger partial charge in [0, 0.05) is 32.4 Å². The zero-order valence-electron chi connectivity index (χ0n) is 12.8. The molecule has 0 saturated carbocycles. The van der Waals surface area contributed by atoms with Crippen molar-refractivity contribution < 1.29 is 0 Å². The Balaban J connectivity index is 2.05. The summed E-state index contributed by atoms with van der Waals surface area (Å²) in [5, 5.41) is 3.44. The van der Waals surface area contributed by atoms with Crippen molar-refractivity contribution in [1.29, 1.82) is 0 Å². The fraction of sp³-hybridized carbons (Fsp3) is 0.389. The Hall–Kier alpha value is -1.71. The number of piperazine rings is 1. The average molecular weight is 281 g/mol. The molecule has 1 fully saturated rings. The molecule has 1 N–H and O–H groups in total. The Morgan fingerprint density at radius 2 is 1.90 bits per heavy atom. The van der Waals surface area contributed by atoms with E-state index in [1.165, 1.54) is 16.7 Å². The van der Waals surface area contributed by atoms with Crippen LogP contribution in [0.25, 0.3) is 0 Å². The molecule has 21 heavy (non-hydrogen) atoms. The van der Waals surface area contributed by atoms with E-state index in [1.807, 2.05) is 12.3 Å². The van der Waals surface area contributed by atoms with Crippen molar-refractivity contribution >= 4 is 0 Å². The second-order valence-corrected chi connectivity index (χ2v) is 5.80. The summed E-state index contributed by atoms with van der Waals surface area (Å²) in [4.78, 5) is 7.18. The summed E-state index contributed by atoms with van der Waals surface area (Å²) in [5.74, 6) is 0. The molecular weight excluding hydrogens is 258 g/mol. The first-order chi connectivity index (χ1) is 10.3. The number of benzene rings is 1. The number of hydrogen-bond donors (Lipinski definition) is 1. The molecule has 2 heterocycles. The third kappa shape index (κ3) is 3.14. The molecular formula is C18H23N3. The Kier molecular flexibility index (Phi) is 4.32. The fourth-order valence-electron chi connectivity index (χ4n) is 3.08. The normalized spacial score (nSPS) is 17.6. The van der Waals surface area contributed by atoms with Gasteiger partial charge in [0.15, 0.2) is 0 Å². The van der Waals surface area contributed by atoms with Crippen LogP contribution in [0.3, 0.4) is 0 Å². The van der Waals surface area contributed by atoms with Crippen LogP contribution in [0.4, 0.5) is 0 Å². The van der Waals surface area contributed by atoms with Gasteiger partial charge in [-0.1, -0.05) is 29.8 Å². The van der Waals surface area contributed by atoms with Gasteiger partial charge < -0.3 is 5.32 Å². The molecule has 1 saturated heterocycles. The summed E-state index contributed by atoms with van der Waals surface area (Å²) in [6.45, 7) is 8.59. The van der Waals surface area contributed by atoms with Gasteiger partial charge in [0.1, 0.15) is 0 Å². The van der Waals surface area contributed by atoms with E-state index in [4.69, 9.17) is 0 Å². The minimum Gasteiger partial charge on any atom is -0.314 e. The standard InChI is InChI=1S/C18H23N3/c1-14-6-7-15(2)16(13-14)18(17-5-3-4-8-20-17)21-11-9-19-10-12-21/h3-8,13,18-19H,9-12H2,1-2H3. The molecule has 1 aliphatic rings. The van der Waals surface area contributed by atoms with Crippen LogP contribution in [0.1, 0.15) is 28.4 Å². The highest BCUT2D eigenvalue weighted by atomic mass is 15.2. The predicted octanol–water partition coefficient (Wildman–Crippen LogP) is 2.69. The van der Waals surface area contributed by atoms with Crippen molar-refractivity contribution in [3.05, 3.63) is 65.0 Å². The molecule has 0 spiro atoms. The van der Waals surface area contributed by atoms with Crippen molar-refractivity contribution in [3.63, 3.8) is 0 Å². The van der Waals surface area contributed by atoms with Crippen LogP contribution in [-0.2, 0) is 0 Å². The minimum absolute atomic E-state index is 0.258. The van der Waals surface area contributed by atoms with Gasteiger partial charge in [0.2, 0.25) is 0 Å². The van der Waals surface area contributed by atoms with Crippen molar-refractivity contribution in [2.24, 2.45) is 0 Å². The monoisotopic (exact) mass is 281 g/mol. The molecule has 0 amide bonds. The molecule has 0 bridgehead atoms. The molecule has 2 aromatic rings. The van der Waals surface area contributed by atoms with E-state index in [1.54, 1.807) is 0 Å². The van der Waals surface area contributed by atoms with Gasteiger partial charge in [0.05, 0.1) is 11.7 Å². The topological polar surface area (TPSA) is 28.2 Å². The van der Waals surface area contributed by atoms with Crippen molar-refractivity contribution in [3.8, 4) is 0 Å². The summed E-state index contributed by atoms with van der Waals surface area (Å²) < 4.78 is 0. The quantitative estimate of drug-likeness (QED) is 0.937. The SMILES string of the molecule is Cc1ccc(C)c(C(c2ccccn2)N2CCNCC2)c1. The van der Waals surface area contributed by atoms with E-state index in [9.17, 15) is 0 Å². The zero-order chi connectivity index (χ0) is 14.7. The van der Waals surface area contributed by atoms with E-state index in [0.717, 1.165) is 31.9 Å². The Morgan fingerprint density at radius 1 is 1.10 bits per heavy atom. The van der Waals surface area contributed by atoms with Gasteiger partial charge in [-0.15, -0.1) is 0 Å². The van der Waals surface area contributed by atoms with E-state index in [2.05, 4.69) is 59.4 Å². The largest absolute Gasteiger partial charge is 0.314 e. The smallest absolute Gasteiger partial charge is 0.0779 e. The Morgan fingerprint density at radius 3 is 2.62 bits per heavy atom. The first-order valence-corrected chi connectivity index (χ1v) is 7.68. The van der Waals surface area contributed by atoms with Crippen LogP contribution < -0.4 is 5.32 Å².